The summed E-state index contributed by atoms with van der Waals surface area (Å²) in [4.78, 5) is 21.1. The van der Waals surface area contributed by atoms with E-state index in [1.54, 1.807) is 6.92 Å². The molecule has 2 rings (SSSR count). The Kier molecular flexibility index (Phi) is 6.43. The second-order valence-corrected chi connectivity index (χ2v) is 4.47. The van der Waals surface area contributed by atoms with Crippen LogP contribution in [0.1, 0.15) is 32.6 Å². The maximum absolute atomic E-state index is 10.9. The Labute approximate surface area is 108 Å². The van der Waals surface area contributed by atoms with Gasteiger partial charge in [0, 0.05) is 25.1 Å². The average molecular weight is 255 g/mol. The van der Waals surface area contributed by atoms with E-state index < -0.39 is 0 Å². The van der Waals surface area contributed by atoms with E-state index >= 15 is 0 Å². The fourth-order valence-corrected chi connectivity index (χ4v) is 1.63. The molecule has 2 saturated heterocycles. The van der Waals surface area contributed by atoms with Crippen LogP contribution in [0.5, 0.6) is 0 Å². The molecule has 1 unspecified atom stereocenters. The van der Waals surface area contributed by atoms with Gasteiger partial charge in [-0.05, 0) is 26.2 Å². The monoisotopic (exact) mass is 255 g/mol. The van der Waals surface area contributed by atoms with Crippen LogP contribution in [-0.2, 0) is 19.1 Å². The third-order valence-corrected chi connectivity index (χ3v) is 2.68. The molecule has 2 heterocycles. The number of nitrogens with one attached hydrogen (secondary N) is 1. The Bertz CT molecular complexity index is 300. The summed E-state index contributed by atoms with van der Waals surface area (Å²) in [6.07, 6.45) is 3.92. The van der Waals surface area contributed by atoms with Gasteiger partial charge in [-0.1, -0.05) is 6.58 Å². The van der Waals surface area contributed by atoms with E-state index in [9.17, 15) is 9.59 Å². The maximum Gasteiger partial charge on any atom is 0.333 e. The minimum Gasteiger partial charge on any atom is -0.460 e. The van der Waals surface area contributed by atoms with Crippen LogP contribution in [-0.4, -0.2) is 37.7 Å². The normalized spacial score (nSPS) is 21.8. The summed E-state index contributed by atoms with van der Waals surface area (Å²) in [7, 11) is 0. The molecule has 5 heteroatoms. The highest BCUT2D eigenvalue weighted by Crippen LogP contribution is 2.12. The quantitative estimate of drug-likeness (QED) is 0.607. The van der Waals surface area contributed by atoms with Crippen molar-refractivity contribution in [2.24, 2.45) is 0 Å². The molecule has 2 fully saturated rings. The molecule has 0 aromatic rings. The first-order valence-electron chi connectivity index (χ1n) is 6.30. The number of esters is 1. The Morgan fingerprint density at radius 1 is 1.56 bits per heavy atom. The zero-order chi connectivity index (χ0) is 13.4. The van der Waals surface area contributed by atoms with Crippen molar-refractivity contribution in [2.75, 3.05) is 19.8 Å². The summed E-state index contributed by atoms with van der Waals surface area (Å²) in [5.74, 6) is -0.125. The second-order valence-electron chi connectivity index (χ2n) is 4.47. The second kappa shape index (κ2) is 7.87. The van der Waals surface area contributed by atoms with Crippen LogP contribution in [0.4, 0.5) is 0 Å². The third kappa shape index (κ3) is 5.82. The fraction of sp³-hybridized carbons (Fsp3) is 0.692. The van der Waals surface area contributed by atoms with Gasteiger partial charge in [0.15, 0.2) is 0 Å². The van der Waals surface area contributed by atoms with Gasteiger partial charge in [-0.25, -0.2) is 4.79 Å². The molecule has 1 N–H and O–H groups in total. The van der Waals surface area contributed by atoms with Crippen LogP contribution in [0.2, 0.25) is 0 Å². The first-order chi connectivity index (χ1) is 8.59. The Balaban J connectivity index is 0.000000225. The zero-order valence-corrected chi connectivity index (χ0v) is 10.9. The highest BCUT2D eigenvalue weighted by molar-refractivity contribution is 5.86. The van der Waals surface area contributed by atoms with Crippen LogP contribution in [0.25, 0.3) is 0 Å². The first-order valence-corrected chi connectivity index (χ1v) is 6.30. The highest BCUT2D eigenvalue weighted by Gasteiger charge is 2.17. The van der Waals surface area contributed by atoms with Crippen LogP contribution < -0.4 is 5.32 Å². The molecule has 0 spiro atoms. The zero-order valence-electron chi connectivity index (χ0n) is 10.9. The Hall–Kier alpha value is -1.36. The van der Waals surface area contributed by atoms with Gasteiger partial charge in [-0.2, -0.15) is 0 Å². The van der Waals surface area contributed by atoms with Crippen molar-refractivity contribution in [3.63, 3.8) is 0 Å². The van der Waals surface area contributed by atoms with Gasteiger partial charge in [-0.15, -0.1) is 0 Å². The molecule has 5 nitrogen and oxygen atoms in total. The van der Waals surface area contributed by atoms with Gasteiger partial charge in [0.1, 0.15) is 6.61 Å². The van der Waals surface area contributed by atoms with E-state index in [1.807, 2.05) is 0 Å². The molecule has 1 atom stereocenters. The van der Waals surface area contributed by atoms with Crippen molar-refractivity contribution in [1.82, 2.24) is 5.32 Å². The first kappa shape index (κ1) is 14.7. The molecule has 0 bridgehead atoms. The Morgan fingerprint density at radius 2 is 2.33 bits per heavy atom. The van der Waals surface area contributed by atoms with Gasteiger partial charge < -0.3 is 14.8 Å². The van der Waals surface area contributed by atoms with Gasteiger partial charge in [-0.3, -0.25) is 4.79 Å². The van der Waals surface area contributed by atoms with Gasteiger partial charge in [0.25, 0.3) is 0 Å². The summed E-state index contributed by atoms with van der Waals surface area (Å²) >= 11 is 0. The van der Waals surface area contributed by atoms with Crippen LogP contribution in [0, 0.1) is 0 Å². The summed E-state index contributed by atoms with van der Waals surface area (Å²) < 4.78 is 10.2. The number of rotatable bonds is 3. The summed E-state index contributed by atoms with van der Waals surface area (Å²) in [5, 5.41) is 2.68. The highest BCUT2D eigenvalue weighted by atomic mass is 16.6. The predicted molar refractivity (Wildman–Crippen MR) is 67.0 cm³/mol. The smallest absolute Gasteiger partial charge is 0.333 e. The predicted octanol–water partition coefficient (Wildman–Crippen LogP) is 1.18. The molecule has 0 saturated carbocycles. The summed E-state index contributed by atoms with van der Waals surface area (Å²) in [5.41, 5.74) is 0.438. The number of ether oxygens (including phenoxy) is 2. The molecule has 1 amide bonds. The van der Waals surface area contributed by atoms with E-state index in [0.29, 0.717) is 12.2 Å². The van der Waals surface area contributed by atoms with E-state index in [-0.39, 0.29) is 18.0 Å². The van der Waals surface area contributed by atoms with Crippen molar-refractivity contribution in [3.05, 3.63) is 12.2 Å². The van der Waals surface area contributed by atoms with Crippen molar-refractivity contribution >= 4 is 11.9 Å². The molecular formula is C13H21NO4. The van der Waals surface area contributed by atoms with E-state index in [0.717, 1.165) is 38.8 Å². The van der Waals surface area contributed by atoms with Gasteiger partial charge >= 0.3 is 5.97 Å². The lowest BCUT2D eigenvalue weighted by Gasteiger charge is -2.09. The number of carbonyl (C=O) groups excluding carboxylic acids is 2. The molecule has 0 aromatic carbocycles. The summed E-state index contributed by atoms with van der Waals surface area (Å²) in [6, 6.07) is 0. The lowest BCUT2D eigenvalue weighted by Crippen LogP contribution is -2.17. The molecule has 102 valence electrons. The largest absolute Gasteiger partial charge is 0.460 e. The van der Waals surface area contributed by atoms with Crippen LogP contribution in [0.3, 0.4) is 0 Å². The van der Waals surface area contributed by atoms with Crippen molar-refractivity contribution in [2.45, 2.75) is 38.7 Å². The lowest BCUT2D eigenvalue weighted by atomic mass is 10.2. The fourth-order valence-electron chi connectivity index (χ4n) is 1.63. The minimum atomic E-state index is -0.328. The van der Waals surface area contributed by atoms with E-state index in [4.69, 9.17) is 9.47 Å². The molecule has 0 aliphatic carbocycles. The third-order valence-electron chi connectivity index (χ3n) is 2.68. The maximum atomic E-state index is 10.9. The average Bonchev–Trinajstić information content (AvgIpc) is 2.99. The number of hydrogen-bond acceptors (Lipinski definition) is 4. The van der Waals surface area contributed by atoms with E-state index in [1.165, 1.54) is 0 Å². The Morgan fingerprint density at radius 3 is 2.72 bits per heavy atom. The minimum absolute atomic E-state index is 0.105. The summed E-state index contributed by atoms with van der Waals surface area (Å²) in [6.45, 7) is 7.16. The lowest BCUT2D eigenvalue weighted by molar-refractivity contribution is -0.142. The molecule has 0 aromatic heterocycles. The van der Waals surface area contributed by atoms with Crippen molar-refractivity contribution in [3.8, 4) is 0 Å². The van der Waals surface area contributed by atoms with E-state index in [2.05, 4.69) is 11.9 Å². The SMILES string of the molecule is C=C(C)C(=O)OCC1CCCO1.O=C1CCCN1. The standard InChI is InChI=1S/C9H14O3.C4H7NO/c1-7(2)9(10)12-6-8-4-3-5-11-8;6-4-2-1-3-5-4/h8H,1,3-6H2,2H3;1-3H2,(H,5,6). The number of carbonyl (C=O) groups is 2. The van der Waals surface area contributed by atoms with Gasteiger partial charge in [0.2, 0.25) is 5.91 Å². The van der Waals surface area contributed by atoms with Crippen molar-refractivity contribution in [1.29, 1.82) is 0 Å². The topological polar surface area (TPSA) is 64.6 Å². The molecule has 18 heavy (non-hydrogen) atoms. The van der Waals surface area contributed by atoms with Gasteiger partial charge in [0.05, 0.1) is 6.10 Å². The molecule has 2 aliphatic heterocycles. The molecule has 0 radical (unpaired) electrons. The van der Waals surface area contributed by atoms with Crippen LogP contribution >= 0.6 is 0 Å². The van der Waals surface area contributed by atoms with Crippen LogP contribution in [0.15, 0.2) is 12.2 Å². The number of amides is 1. The molecule has 2 aliphatic rings. The van der Waals surface area contributed by atoms with Crippen molar-refractivity contribution < 1.29 is 19.1 Å². The number of hydrogen-bond donors (Lipinski definition) is 1. The molecular weight excluding hydrogens is 234 g/mol.